The van der Waals surface area contributed by atoms with Crippen molar-refractivity contribution in [3.05, 3.63) is 94.9 Å². The van der Waals surface area contributed by atoms with Crippen LogP contribution in [0.3, 0.4) is 0 Å². The average Bonchev–Trinajstić information content (AvgIpc) is 3.72. The molecule has 0 aliphatic carbocycles. The number of H-pyrrole nitrogens is 1. The Morgan fingerprint density at radius 3 is 1.80 bits per heavy atom. The normalized spacial score (nSPS) is 14.1. The Morgan fingerprint density at radius 1 is 0.593 bits per heavy atom. The van der Waals surface area contributed by atoms with Crippen molar-refractivity contribution in [2.75, 3.05) is 5.32 Å². The second-order valence-corrected chi connectivity index (χ2v) is 19.0. The van der Waals surface area contributed by atoms with Gasteiger partial charge in [-0.1, -0.05) is 18.2 Å². The molecule has 1 aliphatic heterocycles. The van der Waals surface area contributed by atoms with Gasteiger partial charge in [-0.2, -0.15) is 33.7 Å². The van der Waals surface area contributed by atoms with E-state index < -0.39 is 65.9 Å². The Labute approximate surface area is 333 Å². The van der Waals surface area contributed by atoms with Crippen LogP contribution in [0.25, 0.3) is 32.3 Å². The van der Waals surface area contributed by atoms with Crippen LogP contribution in [0.4, 0.5) is 23.3 Å². The van der Waals surface area contributed by atoms with E-state index in [1.807, 2.05) is 0 Å². The van der Waals surface area contributed by atoms with Gasteiger partial charge >= 0.3 is 0 Å². The van der Waals surface area contributed by atoms with Gasteiger partial charge < -0.3 is 19.4 Å². The van der Waals surface area contributed by atoms with Crippen molar-refractivity contribution in [3.63, 3.8) is 0 Å². The fraction of sp³-hybridized carbons (Fsp3) is 0.0857. The monoisotopic (exact) mass is 880 g/mol. The highest BCUT2D eigenvalue weighted by atomic mass is 32.2. The fourth-order valence-corrected chi connectivity index (χ4v) is 9.30. The van der Waals surface area contributed by atoms with Gasteiger partial charge in [0, 0.05) is 63.3 Å². The number of nitrogens with zero attached hydrogens (tertiary/aromatic N) is 5. The zero-order valence-corrected chi connectivity index (χ0v) is 33.6. The SMILES string of the molecule is CC1=Nc2c3cc(S(=O)(=O)O)ccc3c(n2C)Nc2[nH]c(c3cccc(S(=O)(=O)O)c23)N=c2c3cc(S(=O)(=O)O)ccc3c(n2C)=NC(=N)c2cc(S(=O)(=O)O)ccc21. The summed E-state index contributed by atoms with van der Waals surface area (Å²) in [5, 5.41) is 13.1. The molecule has 7 N–H and O–H groups in total. The third-order valence-electron chi connectivity index (χ3n) is 9.78. The zero-order valence-electron chi connectivity index (χ0n) is 30.4. The van der Waals surface area contributed by atoms with Crippen LogP contribution in [-0.4, -0.2) is 77.5 Å². The van der Waals surface area contributed by atoms with Crippen LogP contribution in [0.2, 0.25) is 0 Å². The molecule has 8 rings (SSSR count). The first-order valence-corrected chi connectivity index (χ1v) is 22.5. The van der Waals surface area contributed by atoms with Crippen molar-refractivity contribution < 1.29 is 51.9 Å². The van der Waals surface area contributed by atoms with Crippen molar-refractivity contribution >= 4 is 108 Å². The number of nitrogens with one attached hydrogen (secondary N) is 3. The van der Waals surface area contributed by atoms with Crippen LogP contribution in [-0.2, 0) is 54.6 Å². The molecule has 0 spiro atoms. The molecular formula is C35H28N8O12S4. The van der Waals surface area contributed by atoms with Crippen LogP contribution >= 0.6 is 0 Å². The lowest BCUT2D eigenvalue weighted by molar-refractivity contribution is 0.481. The first-order valence-electron chi connectivity index (χ1n) is 16.7. The molecule has 0 saturated carbocycles. The molecule has 0 amide bonds. The van der Waals surface area contributed by atoms with E-state index in [0.29, 0.717) is 5.39 Å². The number of anilines is 2. The van der Waals surface area contributed by atoms with Crippen LogP contribution in [0, 0.1) is 5.41 Å². The Hall–Kier alpha value is -6.12. The Kier molecular flexibility index (Phi) is 8.88. The first-order chi connectivity index (χ1) is 27.4. The molecule has 4 heterocycles. The van der Waals surface area contributed by atoms with Gasteiger partial charge in [-0.25, -0.2) is 15.0 Å². The highest BCUT2D eigenvalue weighted by Crippen LogP contribution is 2.42. The lowest BCUT2D eigenvalue weighted by Gasteiger charge is -2.12. The maximum atomic E-state index is 12.8. The first kappa shape index (κ1) is 39.7. The molecular weight excluding hydrogens is 853 g/mol. The number of aromatic nitrogens is 3. The molecule has 7 aromatic rings. The van der Waals surface area contributed by atoms with Gasteiger partial charge in [0.05, 0.1) is 14.7 Å². The number of fused-ring (bicyclic) bond motifs is 16. The van der Waals surface area contributed by atoms with Crippen LogP contribution in [0.15, 0.2) is 107 Å². The Bertz CT molecular complexity index is 3700. The lowest BCUT2D eigenvalue weighted by Crippen LogP contribution is -2.25. The number of aromatic amines is 1. The minimum absolute atomic E-state index is 0.0176. The van der Waals surface area contributed by atoms with Crippen molar-refractivity contribution in [1.82, 2.24) is 14.1 Å². The molecule has 0 radical (unpaired) electrons. The molecule has 3 aromatic heterocycles. The van der Waals surface area contributed by atoms with Crippen molar-refractivity contribution in [2.45, 2.75) is 26.5 Å². The summed E-state index contributed by atoms with van der Waals surface area (Å²) in [5.74, 6) is -0.423. The average molecular weight is 881 g/mol. The number of hydrogen-bond acceptors (Lipinski definition) is 12. The largest absolute Gasteiger partial charge is 0.327 e. The van der Waals surface area contributed by atoms with Crippen molar-refractivity contribution in [3.8, 4) is 0 Å². The molecule has 20 nitrogen and oxygen atoms in total. The van der Waals surface area contributed by atoms with E-state index in [4.69, 9.17) is 9.98 Å². The summed E-state index contributed by atoms with van der Waals surface area (Å²) in [7, 11) is -16.3. The lowest BCUT2D eigenvalue weighted by atomic mass is 10.0. The molecule has 0 unspecified atom stereocenters. The predicted molar refractivity (Wildman–Crippen MR) is 214 cm³/mol. The number of hydrogen-bond donors (Lipinski definition) is 7. The molecule has 6 bridgehead atoms. The summed E-state index contributed by atoms with van der Waals surface area (Å²) >= 11 is 0. The van der Waals surface area contributed by atoms with Gasteiger partial charge in [-0.15, -0.1) is 0 Å². The number of benzene rings is 4. The minimum Gasteiger partial charge on any atom is -0.327 e. The zero-order chi connectivity index (χ0) is 42.7. The third kappa shape index (κ3) is 6.69. The van der Waals surface area contributed by atoms with E-state index in [-0.39, 0.29) is 78.0 Å². The molecule has 4 aromatic carbocycles. The third-order valence-corrected chi connectivity index (χ3v) is 13.2. The summed E-state index contributed by atoms with van der Waals surface area (Å²) < 4.78 is 143. The highest BCUT2D eigenvalue weighted by molar-refractivity contribution is 7.86. The smallest absolute Gasteiger partial charge is 0.295 e. The summed E-state index contributed by atoms with van der Waals surface area (Å²) in [6, 6.07) is 14.5. The maximum absolute atomic E-state index is 12.8. The fourth-order valence-electron chi connectivity index (χ4n) is 7.06. The van der Waals surface area contributed by atoms with E-state index in [1.165, 1.54) is 60.5 Å². The molecule has 0 fully saturated rings. The van der Waals surface area contributed by atoms with Gasteiger partial charge in [0.1, 0.15) is 39.1 Å². The molecule has 59 heavy (non-hydrogen) atoms. The van der Waals surface area contributed by atoms with Gasteiger partial charge in [0.15, 0.2) is 5.84 Å². The summed E-state index contributed by atoms with van der Waals surface area (Å²) in [5.41, 5.74) is 0.0443. The highest BCUT2D eigenvalue weighted by Gasteiger charge is 2.26. The summed E-state index contributed by atoms with van der Waals surface area (Å²) in [4.78, 5) is 14.9. The second kappa shape index (κ2) is 13.2. The van der Waals surface area contributed by atoms with Gasteiger partial charge in [0.25, 0.3) is 40.5 Å². The quantitative estimate of drug-likeness (QED) is 0.123. The molecule has 0 saturated heterocycles. The summed E-state index contributed by atoms with van der Waals surface area (Å²) in [6.45, 7) is 1.50. The van der Waals surface area contributed by atoms with Crippen LogP contribution in [0.1, 0.15) is 18.1 Å². The van der Waals surface area contributed by atoms with Gasteiger partial charge in [-0.05, 0) is 61.5 Å². The van der Waals surface area contributed by atoms with Gasteiger partial charge in [-0.3, -0.25) is 23.6 Å². The van der Waals surface area contributed by atoms with E-state index in [2.05, 4.69) is 15.3 Å². The molecule has 0 atom stereocenters. The Balaban J connectivity index is 1.59. The Morgan fingerprint density at radius 2 is 1.17 bits per heavy atom. The summed E-state index contributed by atoms with van der Waals surface area (Å²) in [6.07, 6.45) is 0. The maximum Gasteiger partial charge on any atom is 0.295 e. The standard InChI is InChI=1S/C35H28N8O12S4/c1-16-20-10-7-17(56(44,45)46)13-24(20)29(36)38-32-21-11-8-19(58(50,51)52)15-26(21)35(42(32)2)40-30-23-5-4-6-27(59(53,54)55)28(23)31(39-30)41-33-22-12-9-18(57(47,48)49)14-25(22)34(37-16)43(33)3/h4-15,36,39,41H,1-3H3,(H,44,45,46)(H,47,48,49)(H,50,51,52)(H,53,54,55). The van der Waals surface area contributed by atoms with E-state index in [9.17, 15) is 57.3 Å². The topological polar surface area (TPSA) is 316 Å². The molecule has 304 valence electrons. The van der Waals surface area contributed by atoms with E-state index in [1.54, 1.807) is 0 Å². The van der Waals surface area contributed by atoms with Crippen molar-refractivity contribution in [2.24, 2.45) is 29.1 Å². The van der Waals surface area contributed by atoms with E-state index >= 15 is 0 Å². The molecule has 24 heteroatoms. The number of aliphatic imine (C=N–C) groups is 1. The molecule has 1 aliphatic rings. The number of amidine groups is 1. The minimum atomic E-state index is -4.91. The van der Waals surface area contributed by atoms with Crippen LogP contribution in [0.5, 0.6) is 0 Å². The predicted octanol–water partition coefficient (Wildman–Crippen LogP) is 3.93. The second-order valence-electron chi connectivity index (χ2n) is 13.4. The van der Waals surface area contributed by atoms with Crippen molar-refractivity contribution in [1.29, 1.82) is 5.41 Å². The van der Waals surface area contributed by atoms with E-state index in [0.717, 1.165) is 42.5 Å². The van der Waals surface area contributed by atoms with Gasteiger partial charge in [0.2, 0.25) is 0 Å². The number of rotatable bonds is 4. The van der Waals surface area contributed by atoms with Crippen LogP contribution < -0.4 is 16.3 Å².